The van der Waals surface area contributed by atoms with Gasteiger partial charge in [-0.1, -0.05) is 36.4 Å². The van der Waals surface area contributed by atoms with Crippen LogP contribution in [0.3, 0.4) is 0 Å². The molecule has 5 rings (SSSR count). The summed E-state index contributed by atoms with van der Waals surface area (Å²) < 4.78 is 9.05. The highest BCUT2D eigenvalue weighted by molar-refractivity contribution is 6.00. The number of carbonyl (C=O) groups is 1. The molecule has 0 aliphatic heterocycles. The number of ether oxygens (including phenoxy) is 1. The number of fused-ring (bicyclic) bond motifs is 1. The van der Waals surface area contributed by atoms with Crippen molar-refractivity contribution in [3.05, 3.63) is 96.6 Å². The first kappa shape index (κ1) is 19.5. The van der Waals surface area contributed by atoms with E-state index in [2.05, 4.69) is 15.5 Å². The van der Waals surface area contributed by atoms with E-state index in [4.69, 9.17) is 9.84 Å². The highest BCUT2D eigenvalue weighted by Crippen LogP contribution is 2.31. The molecule has 0 radical (unpaired) electrons. The van der Waals surface area contributed by atoms with Crippen LogP contribution in [0.2, 0.25) is 0 Å². The Morgan fingerprint density at radius 3 is 2.59 bits per heavy atom. The number of para-hydroxylation sites is 2. The topological polar surface area (TPSA) is 86.3 Å². The molecule has 0 unspecified atom stereocenters. The largest absolute Gasteiger partial charge is 0.496 e. The van der Waals surface area contributed by atoms with Crippen LogP contribution in [0.15, 0.2) is 85.2 Å². The standard InChI is InChI=1S/C24H20N6O2/c1-32-20-12-6-5-11-18(20)23-19(16-30(28-23)17-9-3-2-4-10-17)24(31)25-15-22-27-26-21-13-7-8-14-29(21)22/h2-14,16H,15H2,1H3,(H,25,31). The highest BCUT2D eigenvalue weighted by Gasteiger charge is 2.21. The number of hydrogen-bond donors (Lipinski definition) is 1. The fourth-order valence-corrected chi connectivity index (χ4v) is 3.56. The van der Waals surface area contributed by atoms with E-state index in [0.717, 1.165) is 16.9 Å². The van der Waals surface area contributed by atoms with E-state index in [1.54, 1.807) is 18.0 Å². The molecule has 8 heteroatoms. The molecule has 0 bridgehead atoms. The molecule has 0 fully saturated rings. The predicted octanol–water partition coefficient (Wildman–Crippen LogP) is 3.52. The van der Waals surface area contributed by atoms with Crippen molar-refractivity contribution in [2.75, 3.05) is 7.11 Å². The van der Waals surface area contributed by atoms with Crippen molar-refractivity contribution in [2.45, 2.75) is 6.54 Å². The summed E-state index contributed by atoms with van der Waals surface area (Å²) in [4.78, 5) is 13.3. The number of nitrogens with one attached hydrogen (secondary N) is 1. The lowest BCUT2D eigenvalue weighted by atomic mass is 10.1. The Bertz CT molecular complexity index is 1390. The number of methoxy groups -OCH3 is 1. The van der Waals surface area contributed by atoms with Crippen LogP contribution in [-0.2, 0) is 6.54 Å². The second-order valence-corrected chi connectivity index (χ2v) is 7.10. The number of pyridine rings is 1. The zero-order chi connectivity index (χ0) is 21.9. The highest BCUT2D eigenvalue weighted by atomic mass is 16.5. The number of carbonyl (C=O) groups excluding carboxylic acids is 1. The quantitative estimate of drug-likeness (QED) is 0.451. The first-order valence-corrected chi connectivity index (χ1v) is 10.1. The zero-order valence-corrected chi connectivity index (χ0v) is 17.3. The molecular formula is C24H20N6O2. The third-order valence-corrected chi connectivity index (χ3v) is 5.13. The second kappa shape index (κ2) is 8.35. The van der Waals surface area contributed by atoms with Crippen molar-refractivity contribution in [1.29, 1.82) is 0 Å². The third kappa shape index (κ3) is 3.58. The van der Waals surface area contributed by atoms with E-state index in [1.165, 1.54) is 0 Å². The van der Waals surface area contributed by atoms with Crippen molar-refractivity contribution in [2.24, 2.45) is 0 Å². The first-order chi connectivity index (χ1) is 15.7. The van der Waals surface area contributed by atoms with Gasteiger partial charge in [-0.05, 0) is 36.4 Å². The number of hydrogen-bond acceptors (Lipinski definition) is 5. The smallest absolute Gasteiger partial charge is 0.255 e. The van der Waals surface area contributed by atoms with Crippen LogP contribution in [0.25, 0.3) is 22.6 Å². The van der Waals surface area contributed by atoms with Gasteiger partial charge in [0.1, 0.15) is 11.4 Å². The normalized spacial score (nSPS) is 10.9. The summed E-state index contributed by atoms with van der Waals surface area (Å²) in [6.45, 7) is 0.228. The lowest BCUT2D eigenvalue weighted by molar-refractivity contribution is 0.0950. The first-order valence-electron chi connectivity index (χ1n) is 10.1. The minimum atomic E-state index is -0.263. The average Bonchev–Trinajstić information content (AvgIpc) is 3.48. The van der Waals surface area contributed by atoms with E-state index < -0.39 is 0 Å². The molecule has 32 heavy (non-hydrogen) atoms. The molecule has 0 atom stereocenters. The van der Waals surface area contributed by atoms with Gasteiger partial charge < -0.3 is 10.1 Å². The van der Waals surface area contributed by atoms with Gasteiger partial charge in [0, 0.05) is 18.0 Å². The molecule has 0 saturated carbocycles. The molecule has 1 N–H and O–H groups in total. The lowest BCUT2D eigenvalue weighted by Gasteiger charge is -2.08. The van der Waals surface area contributed by atoms with Gasteiger partial charge >= 0.3 is 0 Å². The van der Waals surface area contributed by atoms with Crippen LogP contribution in [-0.4, -0.2) is 37.4 Å². The van der Waals surface area contributed by atoms with E-state index in [1.807, 2.05) is 83.4 Å². The number of nitrogens with zero attached hydrogens (tertiary/aromatic N) is 5. The number of aromatic nitrogens is 5. The summed E-state index contributed by atoms with van der Waals surface area (Å²) >= 11 is 0. The summed E-state index contributed by atoms with van der Waals surface area (Å²) in [6.07, 6.45) is 3.60. The van der Waals surface area contributed by atoms with Gasteiger partial charge in [0.2, 0.25) is 0 Å². The maximum atomic E-state index is 13.3. The van der Waals surface area contributed by atoms with Crippen LogP contribution in [0.1, 0.15) is 16.2 Å². The van der Waals surface area contributed by atoms with Gasteiger partial charge in [-0.15, -0.1) is 10.2 Å². The molecule has 1 amide bonds. The molecule has 0 saturated heterocycles. The third-order valence-electron chi connectivity index (χ3n) is 5.13. The van der Waals surface area contributed by atoms with Crippen molar-refractivity contribution in [3.8, 4) is 22.7 Å². The molecule has 2 aromatic carbocycles. The maximum absolute atomic E-state index is 13.3. The zero-order valence-electron chi connectivity index (χ0n) is 17.3. The molecule has 3 aromatic heterocycles. The van der Waals surface area contributed by atoms with Gasteiger partial charge in [-0.2, -0.15) is 5.10 Å². The van der Waals surface area contributed by atoms with Gasteiger partial charge in [0.15, 0.2) is 11.5 Å². The van der Waals surface area contributed by atoms with E-state index in [-0.39, 0.29) is 12.5 Å². The van der Waals surface area contributed by atoms with E-state index in [9.17, 15) is 4.79 Å². The fraction of sp³-hybridized carbons (Fsp3) is 0.0833. The van der Waals surface area contributed by atoms with Gasteiger partial charge in [-0.25, -0.2) is 4.68 Å². The van der Waals surface area contributed by atoms with Gasteiger partial charge in [0.05, 0.1) is 24.9 Å². The minimum absolute atomic E-state index is 0.228. The predicted molar refractivity (Wildman–Crippen MR) is 120 cm³/mol. The Labute approximate surface area is 184 Å². The van der Waals surface area contributed by atoms with Crippen molar-refractivity contribution >= 4 is 11.6 Å². The fourth-order valence-electron chi connectivity index (χ4n) is 3.56. The summed E-state index contributed by atoms with van der Waals surface area (Å²) in [5, 5.41) is 16.0. The van der Waals surface area contributed by atoms with Crippen LogP contribution in [0.4, 0.5) is 0 Å². The molecule has 5 aromatic rings. The average molecular weight is 424 g/mol. The molecule has 0 aliphatic rings. The minimum Gasteiger partial charge on any atom is -0.496 e. The monoisotopic (exact) mass is 424 g/mol. The second-order valence-electron chi connectivity index (χ2n) is 7.10. The van der Waals surface area contributed by atoms with Gasteiger partial charge in [0.25, 0.3) is 5.91 Å². The van der Waals surface area contributed by atoms with E-state index in [0.29, 0.717) is 22.8 Å². The maximum Gasteiger partial charge on any atom is 0.255 e. The Balaban J connectivity index is 1.51. The lowest BCUT2D eigenvalue weighted by Crippen LogP contribution is -2.24. The molecule has 3 heterocycles. The van der Waals surface area contributed by atoms with E-state index >= 15 is 0 Å². The summed E-state index contributed by atoms with van der Waals surface area (Å²) in [5.41, 5.74) is 3.29. The van der Waals surface area contributed by atoms with Crippen molar-refractivity contribution < 1.29 is 9.53 Å². The summed E-state index contributed by atoms with van der Waals surface area (Å²) in [7, 11) is 1.60. The number of rotatable bonds is 6. The molecule has 0 spiro atoms. The molecule has 0 aliphatic carbocycles. The number of amides is 1. The Morgan fingerprint density at radius 1 is 0.969 bits per heavy atom. The van der Waals surface area contributed by atoms with Crippen molar-refractivity contribution in [1.82, 2.24) is 29.7 Å². The van der Waals surface area contributed by atoms with Crippen LogP contribution in [0.5, 0.6) is 5.75 Å². The molecular weight excluding hydrogens is 404 g/mol. The van der Waals surface area contributed by atoms with Gasteiger partial charge in [-0.3, -0.25) is 9.20 Å². The van der Waals surface area contributed by atoms with Crippen molar-refractivity contribution in [3.63, 3.8) is 0 Å². The van der Waals surface area contributed by atoms with Crippen LogP contribution >= 0.6 is 0 Å². The van der Waals surface area contributed by atoms with Crippen LogP contribution in [0, 0.1) is 0 Å². The SMILES string of the molecule is COc1ccccc1-c1nn(-c2ccccc2)cc1C(=O)NCc1nnc2ccccn12. The van der Waals surface area contributed by atoms with Crippen LogP contribution < -0.4 is 10.1 Å². The number of benzene rings is 2. The summed E-state index contributed by atoms with van der Waals surface area (Å²) in [6, 6.07) is 22.8. The summed E-state index contributed by atoms with van der Waals surface area (Å²) in [5.74, 6) is 1.02. The molecule has 8 nitrogen and oxygen atoms in total. The molecule has 158 valence electrons. The Kier molecular flexibility index (Phi) is 5.09. The Hall–Kier alpha value is -4.46. The Morgan fingerprint density at radius 2 is 1.75 bits per heavy atom.